The highest BCUT2D eigenvalue weighted by molar-refractivity contribution is 6.53. The van der Waals surface area contributed by atoms with Crippen LogP contribution >= 0.6 is 23.2 Å². The van der Waals surface area contributed by atoms with Gasteiger partial charge in [0.1, 0.15) is 5.75 Å². The minimum atomic E-state index is -1.05. The molecule has 27 heavy (non-hydrogen) atoms. The maximum Gasteiger partial charge on any atom is 0.177 e. The van der Waals surface area contributed by atoms with Gasteiger partial charge in [-0.2, -0.15) is 0 Å². The Kier molecular flexibility index (Phi) is 3.51. The zero-order valence-electron chi connectivity index (χ0n) is 15.2. The summed E-state index contributed by atoms with van der Waals surface area (Å²) in [6.07, 6.45) is 0. The first-order valence-electron chi connectivity index (χ1n) is 9.22. The fraction of sp³-hybridized carbons (Fsp3) is 0.250. The van der Waals surface area contributed by atoms with Crippen molar-refractivity contribution in [2.45, 2.75) is 29.7 Å². The predicted molar refractivity (Wildman–Crippen MR) is 111 cm³/mol. The highest BCUT2D eigenvalue weighted by Gasteiger charge is 2.91. The molecule has 0 spiro atoms. The molecule has 1 saturated carbocycles. The molecule has 0 radical (unpaired) electrons. The smallest absolute Gasteiger partial charge is 0.177 e. The zero-order chi connectivity index (χ0) is 18.9. The van der Waals surface area contributed by atoms with Crippen LogP contribution < -0.4 is 4.74 Å². The molecule has 0 aromatic heterocycles. The molecule has 0 saturated heterocycles. The van der Waals surface area contributed by atoms with Crippen molar-refractivity contribution in [3.8, 4) is 5.75 Å². The van der Waals surface area contributed by atoms with Gasteiger partial charge in [0, 0.05) is 11.5 Å². The highest BCUT2D eigenvalue weighted by atomic mass is 35.5. The van der Waals surface area contributed by atoms with Gasteiger partial charge in [-0.05, 0) is 29.7 Å². The lowest BCUT2D eigenvalue weighted by Crippen LogP contribution is -2.33. The molecule has 1 aliphatic carbocycles. The number of aryl methyl sites for hydroxylation is 1. The first kappa shape index (κ1) is 17.2. The molecule has 136 valence electrons. The monoisotopic (exact) mass is 394 g/mol. The fourth-order valence-electron chi connectivity index (χ4n) is 5.06. The van der Waals surface area contributed by atoms with Crippen LogP contribution in [0.25, 0.3) is 0 Å². The Balaban J connectivity index is 1.82. The number of hydrogen-bond acceptors (Lipinski definition) is 1. The standard InChI is InChI=1S/C24H20Cl2O/c1-16-10-6-7-13-18(16)21-19-14-8-9-15-20(19)27-23(17-11-4-3-5-12-17)22(21,2)24(23,25)26/h3-15,21H,1-2H3/t21-,22+,23+/m1/s1. The number of benzene rings is 3. The summed E-state index contributed by atoms with van der Waals surface area (Å²) in [5.41, 5.74) is 3.36. The van der Waals surface area contributed by atoms with Gasteiger partial charge < -0.3 is 4.74 Å². The summed E-state index contributed by atoms with van der Waals surface area (Å²) in [5, 5.41) is 0. The lowest BCUT2D eigenvalue weighted by atomic mass is 9.73. The molecule has 3 atom stereocenters. The van der Waals surface area contributed by atoms with Crippen molar-refractivity contribution in [3.63, 3.8) is 0 Å². The number of ether oxygens (including phenoxy) is 1. The van der Waals surface area contributed by atoms with Gasteiger partial charge in [-0.25, -0.2) is 0 Å². The molecule has 5 rings (SSSR count). The molecule has 1 fully saturated rings. The van der Waals surface area contributed by atoms with E-state index in [2.05, 4.69) is 62.4 Å². The average molecular weight is 395 g/mol. The van der Waals surface area contributed by atoms with E-state index in [0.29, 0.717) is 0 Å². The van der Waals surface area contributed by atoms with Crippen LogP contribution in [0.3, 0.4) is 0 Å². The van der Waals surface area contributed by atoms with E-state index in [-0.39, 0.29) is 5.92 Å². The molecule has 1 heterocycles. The quantitative estimate of drug-likeness (QED) is 0.444. The summed E-state index contributed by atoms with van der Waals surface area (Å²) in [4.78, 5) is 0. The number of halogens is 2. The first-order valence-corrected chi connectivity index (χ1v) is 9.97. The fourth-order valence-corrected chi connectivity index (χ4v) is 6.14. The second kappa shape index (κ2) is 5.53. The Morgan fingerprint density at radius 3 is 2.07 bits per heavy atom. The van der Waals surface area contributed by atoms with Crippen LogP contribution in [0.15, 0.2) is 78.9 Å². The van der Waals surface area contributed by atoms with E-state index in [1.54, 1.807) is 0 Å². The Labute approximate surface area is 169 Å². The first-order chi connectivity index (χ1) is 12.9. The van der Waals surface area contributed by atoms with E-state index in [1.165, 1.54) is 11.1 Å². The van der Waals surface area contributed by atoms with Gasteiger partial charge in [0.25, 0.3) is 0 Å². The van der Waals surface area contributed by atoms with Crippen molar-refractivity contribution in [1.29, 1.82) is 0 Å². The third-order valence-electron chi connectivity index (χ3n) is 6.51. The van der Waals surface area contributed by atoms with Gasteiger partial charge in [-0.3, -0.25) is 0 Å². The van der Waals surface area contributed by atoms with E-state index >= 15 is 0 Å². The van der Waals surface area contributed by atoms with E-state index in [0.717, 1.165) is 16.9 Å². The molecule has 3 aromatic rings. The molecular weight excluding hydrogens is 375 g/mol. The van der Waals surface area contributed by atoms with Gasteiger partial charge in [-0.1, -0.05) is 103 Å². The molecule has 0 bridgehead atoms. The second-order valence-electron chi connectivity index (χ2n) is 7.75. The van der Waals surface area contributed by atoms with E-state index in [9.17, 15) is 0 Å². The van der Waals surface area contributed by atoms with Crippen molar-refractivity contribution < 1.29 is 4.74 Å². The highest BCUT2D eigenvalue weighted by Crippen LogP contribution is 2.85. The molecular formula is C24H20Cl2O. The lowest BCUT2D eigenvalue weighted by molar-refractivity contribution is 0.102. The van der Waals surface area contributed by atoms with Gasteiger partial charge in [-0.15, -0.1) is 0 Å². The Hall–Kier alpha value is -1.96. The Morgan fingerprint density at radius 2 is 1.37 bits per heavy atom. The average Bonchev–Trinajstić information content (AvgIpc) is 3.09. The minimum Gasteiger partial charge on any atom is -0.478 e. The van der Waals surface area contributed by atoms with Gasteiger partial charge >= 0.3 is 0 Å². The predicted octanol–water partition coefficient (Wildman–Crippen LogP) is 6.61. The van der Waals surface area contributed by atoms with Crippen LogP contribution in [-0.2, 0) is 5.60 Å². The van der Waals surface area contributed by atoms with Crippen molar-refractivity contribution >= 4 is 23.2 Å². The van der Waals surface area contributed by atoms with Gasteiger partial charge in [0.05, 0.1) is 5.41 Å². The van der Waals surface area contributed by atoms with Crippen molar-refractivity contribution in [2.75, 3.05) is 0 Å². The number of alkyl halides is 2. The topological polar surface area (TPSA) is 9.23 Å². The molecule has 0 N–H and O–H groups in total. The molecule has 1 nitrogen and oxygen atoms in total. The maximum absolute atomic E-state index is 7.07. The third-order valence-corrected chi connectivity index (χ3v) is 7.83. The zero-order valence-corrected chi connectivity index (χ0v) is 16.8. The maximum atomic E-state index is 7.07. The van der Waals surface area contributed by atoms with Crippen molar-refractivity contribution in [3.05, 3.63) is 101 Å². The van der Waals surface area contributed by atoms with E-state index in [1.807, 2.05) is 30.3 Å². The molecule has 3 aromatic carbocycles. The van der Waals surface area contributed by atoms with Crippen LogP contribution in [-0.4, -0.2) is 4.33 Å². The molecule has 2 aliphatic rings. The Morgan fingerprint density at radius 1 is 0.778 bits per heavy atom. The second-order valence-corrected chi connectivity index (χ2v) is 9.08. The van der Waals surface area contributed by atoms with Crippen molar-refractivity contribution in [2.24, 2.45) is 5.41 Å². The molecule has 0 unspecified atom stereocenters. The van der Waals surface area contributed by atoms with Crippen LogP contribution in [0.2, 0.25) is 0 Å². The Bertz CT molecular complexity index is 1030. The molecule has 3 heteroatoms. The third kappa shape index (κ3) is 1.92. The molecule has 0 amide bonds. The molecule has 1 aliphatic heterocycles. The summed E-state index contributed by atoms with van der Waals surface area (Å²) < 4.78 is 5.58. The summed E-state index contributed by atoms with van der Waals surface area (Å²) >= 11 is 14.1. The number of rotatable bonds is 2. The van der Waals surface area contributed by atoms with Gasteiger partial charge in [0.2, 0.25) is 0 Å². The lowest BCUT2D eigenvalue weighted by Gasteiger charge is -2.37. The number of fused-ring (bicyclic) bond motifs is 2. The van der Waals surface area contributed by atoms with E-state index in [4.69, 9.17) is 27.9 Å². The van der Waals surface area contributed by atoms with Crippen LogP contribution in [0.1, 0.15) is 35.1 Å². The van der Waals surface area contributed by atoms with Crippen LogP contribution in [0.4, 0.5) is 0 Å². The summed E-state index contributed by atoms with van der Waals surface area (Å²) in [6, 6.07) is 26.8. The number of hydrogen-bond donors (Lipinski definition) is 0. The number of para-hydroxylation sites is 1. The summed E-state index contributed by atoms with van der Waals surface area (Å²) in [7, 11) is 0. The van der Waals surface area contributed by atoms with Gasteiger partial charge in [0.15, 0.2) is 9.93 Å². The van der Waals surface area contributed by atoms with E-state index < -0.39 is 15.3 Å². The largest absolute Gasteiger partial charge is 0.478 e. The SMILES string of the molecule is Cc1ccccc1[C@@H]1c2ccccc2O[C@]2(c3ccccc3)C(Cl)(Cl)[C@@]12C. The van der Waals surface area contributed by atoms with Crippen LogP contribution in [0, 0.1) is 12.3 Å². The summed E-state index contributed by atoms with van der Waals surface area (Å²) in [6.45, 7) is 4.31. The normalized spacial score (nSPS) is 30.0. The summed E-state index contributed by atoms with van der Waals surface area (Å²) in [5.74, 6) is 0.897. The van der Waals surface area contributed by atoms with Crippen LogP contribution in [0.5, 0.6) is 5.75 Å². The minimum absolute atomic E-state index is 0.0406. The van der Waals surface area contributed by atoms with Crippen molar-refractivity contribution in [1.82, 2.24) is 0 Å².